The summed E-state index contributed by atoms with van der Waals surface area (Å²) in [5.74, 6) is 0. The highest BCUT2D eigenvalue weighted by Gasteiger charge is 2.18. The molecule has 2 aromatic carbocycles. The van der Waals surface area contributed by atoms with Crippen LogP contribution in [0.4, 0.5) is 5.69 Å². The van der Waals surface area contributed by atoms with Crippen LogP contribution in [0, 0.1) is 0 Å². The Labute approximate surface area is 159 Å². The molecule has 1 aromatic heterocycles. The van der Waals surface area contributed by atoms with Gasteiger partial charge in [-0.05, 0) is 54.2 Å². The van der Waals surface area contributed by atoms with Gasteiger partial charge in [0.25, 0.3) is 10.0 Å². The van der Waals surface area contributed by atoms with Gasteiger partial charge in [0.1, 0.15) is 11.2 Å². The fourth-order valence-corrected chi connectivity index (χ4v) is 4.54. The van der Waals surface area contributed by atoms with E-state index in [-0.39, 0.29) is 9.92 Å². The van der Waals surface area contributed by atoms with Crippen LogP contribution in [0.15, 0.2) is 63.7 Å². The summed E-state index contributed by atoms with van der Waals surface area (Å²) in [6.45, 7) is 0. The summed E-state index contributed by atoms with van der Waals surface area (Å²) in [5, 5.41) is 8.93. The standard InChI is InChI=1S/C15H12Cl2N4O2S2/c1-21-9-18-19-15(21)24-12-5-3-11(4-6-12)20-25(22,23)14-8-10(16)2-7-13(14)17/h2-9,20H,1H3. The van der Waals surface area contributed by atoms with Crippen molar-refractivity contribution in [1.82, 2.24) is 14.8 Å². The van der Waals surface area contributed by atoms with Crippen LogP contribution in [-0.4, -0.2) is 23.2 Å². The highest BCUT2D eigenvalue weighted by atomic mass is 35.5. The number of hydrogen-bond donors (Lipinski definition) is 1. The second-order valence-corrected chi connectivity index (χ2v) is 8.57. The Bertz CT molecular complexity index is 1000. The zero-order valence-corrected chi connectivity index (χ0v) is 16.0. The molecular formula is C15H12Cl2N4O2S2. The molecule has 0 radical (unpaired) electrons. The molecule has 1 heterocycles. The van der Waals surface area contributed by atoms with Gasteiger partial charge in [-0.15, -0.1) is 10.2 Å². The maximum atomic E-state index is 12.5. The Kier molecular flexibility index (Phi) is 5.24. The summed E-state index contributed by atoms with van der Waals surface area (Å²) >= 11 is 13.3. The van der Waals surface area contributed by atoms with Gasteiger partial charge in [-0.1, -0.05) is 23.2 Å². The van der Waals surface area contributed by atoms with Crippen LogP contribution in [0.1, 0.15) is 0 Å². The van der Waals surface area contributed by atoms with E-state index in [4.69, 9.17) is 23.2 Å². The minimum absolute atomic E-state index is 0.0702. The van der Waals surface area contributed by atoms with E-state index in [9.17, 15) is 8.42 Å². The van der Waals surface area contributed by atoms with Crippen molar-refractivity contribution < 1.29 is 8.42 Å². The van der Waals surface area contributed by atoms with E-state index in [0.29, 0.717) is 10.7 Å². The molecule has 25 heavy (non-hydrogen) atoms. The third-order valence-corrected chi connectivity index (χ3v) is 6.33. The zero-order valence-electron chi connectivity index (χ0n) is 12.8. The average molecular weight is 415 g/mol. The van der Waals surface area contributed by atoms with Crippen LogP contribution >= 0.6 is 35.0 Å². The summed E-state index contributed by atoms with van der Waals surface area (Å²) in [4.78, 5) is 0.832. The van der Waals surface area contributed by atoms with Crippen molar-refractivity contribution in [2.75, 3.05) is 4.72 Å². The predicted octanol–water partition coefficient (Wildman–Crippen LogP) is 4.07. The number of aryl methyl sites for hydroxylation is 1. The van der Waals surface area contributed by atoms with Crippen LogP contribution < -0.4 is 4.72 Å². The van der Waals surface area contributed by atoms with E-state index < -0.39 is 10.0 Å². The Morgan fingerprint density at radius 2 is 1.84 bits per heavy atom. The molecule has 0 fully saturated rings. The maximum Gasteiger partial charge on any atom is 0.263 e. The number of rotatable bonds is 5. The molecule has 0 spiro atoms. The summed E-state index contributed by atoms with van der Waals surface area (Å²) in [5.41, 5.74) is 0.415. The van der Waals surface area contributed by atoms with Gasteiger partial charge in [0.2, 0.25) is 0 Å². The predicted molar refractivity (Wildman–Crippen MR) is 98.8 cm³/mol. The lowest BCUT2D eigenvalue weighted by atomic mass is 10.3. The van der Waals surface area contributed by atoms with Gasteiger partial charge in [-0.25, -0.2) is 8.42 Å². The Hall–Kier alpha value is -1.74. The molecule has 0 aliphatic rings. The molecule has 0 bridgehead atoms. The van der Waals surface area contributed by atoms with Gasteiger partial charge in [-0.2, -0.15) is 0 Å². The molecule has 0 saturated heterocycles. The Morgan fingerprint density at radius 3 is 2.48 bits per heavy atom. The normalized spacial score (nSPS) is 11.5. The van der Waals surface area contributed by atoms with Crippen LogP contribution in [0.3, 0.4) is 0 Å². The molecule has 6 nitrogen and oxygen atoms in total. The quantitative estimate of drug-likeness (QED) is 0.680. The number of aromatic nitrogens is 3. The molecule has 3 aromatic rings. The number of hydrogen-bond acceptors (Lipinski definition) is 5. The monoisotopic (exact) mass is 414 g/mol. The van der Waals surface area contributed by atoms with Crippen molar-refractivity contribution in [3.05, 3.63) is 58.8 Å². The number of halogens is 2. The second kappa shape index (κ2) is 7.25. The topological polar surface area (TPSA) is 76.9 Å². The van der Waals surface area contributed by atoms with E-state index >= 15 is 0 Å². The number of nitrogens with zero attached hydrogens (tertiary/aromatic N) is 3. The first-order valence-electron chi connectivity index (χ1n) is 6.95. The average Bonchev–Trinajstić information content (AvgIpc) is 2.96. The minimum Gasteiger partial charge on any atom is -0.311 e. The van der Waals surface area contributed by atoms with Gasteiger partial charge >= 0.3 is 0 Å². The lowest BCUT2D eigenvalue weighted by Crippen LogP contribution is -2.13. The smallest absolute Gasteiger partial charge is 0.263 e. The van der Waals surface area contributed by atoms with Crippen molar-refractivity contribution in [1.29, 1.82) is 0 Å². The summed E-state index contributed by atoms with van der Waals surface area (Å²) in [6.07, 6.45) is 1.61. The van der Waals surface area contributed by atoms with Gasteiger partial charge in [-0.3, -0.25) is 4.72 Å². The lowest BCUT2D eigenvalue weighted by molar-refractivity contribution is 0.601. The second-order valence-electron chi connectivity index (χ2n) is 5.03. The van der Waals surface area contributed by atoms with Crippen LogP contribution in [-0.2, 0) is 17.1 Å². The first-order chi connectivity index (χ1) is 11.8. The molecule has 1 N–H and O–H groups in total. The number of benzene rings is 2. The summed E-state index contributed by atoms with van der Waals surface area (Å²) in [7, 11) is -1.99. The molecule has 0 aliphatic heterocycles. The van der Waals surface area contributed by atoms with Gasteiger partial charge in [0, 0.05) is 22.7 Å². The van der Waals surface area contributed by atoms with Crippen molar-refractivity contribution in [2.45, 2.75) is 14.9 Å². The molecule has 10 heteroatoms. The Balaban J connectivity index is 1.79. The van der Waals surface area contributed by atoms with Crippen molar-refractivity contribution in [3.8, 4) is 0 Å². The first kappa shape index (κ1) is 18.1. The fourth-order valence-electron chi connectivity index (χ4n) is 1.95. The van der Waals surface area contributed by atoms with E-state index in [1.807, 2.05) is 7.05 Å². The molecule has 0 amide bonds. The maximum absolute atomic E-state index is 12.5. The zero-order chi connectivity index (χ0) is 18.0. The molecule has 0 aliphatic carbocycles. The van der Waals surface area contributed by atoms with Crippen LogP contribution in [0.25, 0.3) is 0 Å². The summed E-state index contributed by atoms with van der Waals surface area (Å²) in [6, 6.07) is 11.2. The third-order valence-electron chi connectivity index (χ3n) is 3.17. The lowest BCUT2D eigenvalue weighted by Gasteiger charge is -2.10. The van der Waals surface area contributed by atoms with E-state index in [2.05, 4.69) is 14.9 Å². The minimum atomic E-state index is -3.84. The van der Waals surface area contributed by atoms with Crippen LogP contribution in [0.2, 0.25) is 10.0 Å². The molecule has 0 saturated carbocycles. The summed E-state index contributed by atoms with van der Waals surface area (Å²) < 4.78 is 29.2. The molecule has 0 unspecified atom stereocenters. The molecule has 0 atom stereocenters. The molecule has 130 valence electrons. The highest BCUT2D eigenvalue weighted by Crippen LogP contribution is 2.29. The van der Waals surface area contributed by atoms with Gasteiger partial charge in [0.15, 0.2) is 5.16 Å². The highest BCUT2D eigenvalue weighted by molar-refractivity contribution is 7.99. The van der Waals surface area contributed by atoms with E-state index in [0.717, 1.165) is 10.1 Å². The first-order valence-corrected chi connectivity index (χ1v) is 10.0. The van der Waals surface area contributed by atoms with Crippen LogP contribution in [0.5, 0.6) is 0 Å². The van der Waals surface area contributed by atoms with E-state index in [1.165, 1.54) is 30.0 Å². The largest absolute Gasteiger partial charge is 0.311 e. The third kappa shape index (κ3) is 4.27. The Morgan fingerprint density at radius 1 is 1.12 bits per heavy atom. The van der Waals surface area contributed by atoms with Crippen molar-refractivity contribution in [2.24, 2.45) is 7.05 Å². The SMILES string of the molecule is Cn1cnnc1Sc1ccc(NS(=O)(=O)c2cc(Cl)ccc2Cl)cc1. The fraction of sp³-hybridized carbons (Fsp3) is 0.0667. The molecular weight excluding hydrogens is 403 g/mol. The number of nitrogens with one attached hydrogen (secondary N) is 1. The van der Waals surface area contributed by atoms with Crippen molar-refractivity contribution >= 4 is 50.7 Å². The van der Waals surface area contributed by atoms with Gasteiger partial charge in [0.05, 0.1) is 5.02 Å². The van der Waals surface area contributed by atoms with E-state index in [1.54, 1.807) is 35.2 Å². The number of sulfonamides is 1. The van der Waals surface area contributed by atoms with Gasteiger partial charge < -0.3 is 4.57 Å². The van der Waals surface area contributed by atoms with Crippen molar-refractivity contribution in [3.63, 3.8) is 0 Å². The number of anilines is 1. The molecule has 3 rings (SSSR count).